The van der Waals surface area contributed by atoms with E-state index in [9.17, 15) is 19.5 Å². The highest BCUT2D eigenvalue weighted by Gasteiger charge is 2.40. The van der Waals surface area contributed by atoms with Crippen LogP contribution >= 0.6 is 0 Å². The highest BCUT2D eigenvalue weighted by Crippen LogP contribution is 2.33. The zero-order valence-electron chi connectivity index (χ0n) is 12.9. The Morgan fingerprint density at radius 1 is 0.818 bits per heavy atom. The molecule has 1 saturated carbocycles. The number of hydrogen-bond acceptors (Lipinski definition) is 3. The van der Waals surface area contributed by atoms with Crippen LogP contribution in [0.25, 0.3) is 0 Å². The van der Waals surface area contributed by atoms with Gasteiger partial charge in [-0.1, -0.05) is 0 Å². The van der Waals surface area contributed by atoms with Crippen LogP contribution in [0.4, 0.5) is 0 Å². The van der Waals surface area contributed by atoms with E-state index in [0.717, 1.165) is 45.1 Å². The minimum Gasteiger partial charge on any atom is -0.480 e. The van der Waals surface area contributed by atoms with Crippen molar-refractivity contribution in [2.75, 3.05) is 19.6 Å². The van der Waals surface area contributed by atoms with Gasteiger partial charge >= 0.3 is 5.97 Å². The van der Waals surface area contributed by atoms with Crippen LogP contribution in [0.3, 0.4) is 0 Å². The summed E-state index contributed by atoms with van der Waals surface area (Å²) in [4.78, 5) is 39.7. The Kier molecular flexibility index (Phi) is 4.36. The zero-order valence-corrected chi connectivity index (χ0v) is 12.9. The number of carboxylic acid groups (broad SMARTS) is 1. The summed E-state index contributed by atoms with van der Waals surface area (Å²) in [5.41, 5.74) is 0. The molecule has 2 amide bonds. The van der Waals surface area contributed by atoms with E-state index in [1.54, 1.807) is 4.90 Å². The van der Waals surface area contributed by atoms with Crippen LogP contribution in [-0.2, 0) is 14.4 Å². The predicted octanol–water partition coefficient (Wildman–Crippen LogP) is 1.10. The summed E-state index contributed by atoms with van der Waals surface area (Å²) in [7, 11) is 0. The average molecular weight is 308 g/mol. The summed E-state index contributed by atoms with van der Waals surface area (Å²) in [5.74, 6) is -0.840. The van der Waals surface area contributed by atoms with Crippen molar-refractivity contribution in [3.8, 4) is 0 Å². The number of aliphatic carboxylic acids is 1. The van der Waals surface area contributed by atoms with Crippen LogP contribution < -0.4 is 0 Å². The smallest absolute Gasteiger partial charge is 0.326 e. The van der Waals surface area contributed by atoms with E-state index in [1.807, 2.05) is 4.90 Å². The van der Waals surface area contributed by atoms with Gasteiger partial charge in [0, 0.05) is 25.6 Å². The van der Waals surface area contributed by atoms with Crippen LogP contribution in [0.15, 0.2) is 0 Å². The van der Waals surface area contributed by atoms with Gasteiger partial charge in [-0.25, -0.2) is 4.79 Å². The maximum atomic E-state index is 12.7. The molecule has 1 aliphatic carbocycles. The minimum atomic E-state index is -0.908. The first kappa shape index (κ1) is 15.3. The molecule has 22 heavy (non-hydrogen) atoms. The van der Waals surface area contributed by atoms with Crippen LogP contribution in [-0.4, -0.2) is 58.4 Å². The fourth-order valence-electron chi connectivity index (χ4n) is 3.65. The molecule has 2 saturated heterocycles. The number of carbonyl (C=O) groups is 3. The molecule has 122 valence electrons. The molecule has 0 radical (unpaired) electrons. The first-order valence-electron chi connectivity index (χ1n) is 8.40. The standard InChI is InChI=1S/C16H24N2O4/c19-14(11-6-7-11)17-8-3-4-12(10-17)15(20)18-9-2-1-5-13(18)16(21)22/h11-13H,1-10H2,(H,21,22)/t12-,13-/m1/s1. The lowest BCUT2D eigenvalue weighted by Crippen LogP contribution is -2.53. The number of likely N-dealkylation sites (tertiary alicyclic amines) is 2. The molecule has 3 rings (SSSR count). The van der Waals surface area contributed by atoms with Gasteiger partial charge in [-0.2, -0.15) is 0 Å². The third-order valence-electron chi connectivity index (χ3n) is 5.08. The third-order valence-corrected chi connectivity index (χ3v) is 5.08. The van der Waals surface area contributed by atoms with Crippen molar-refractivity contribution >= 4 is 17.8 Å². The SMILES string of the molecule is O=C(O)[C@H]1CCCCN1C(=O)[C@@H]1CCCN(C(=O)C2CC2)C1. The van der Waals surface area contributed by atoms with Crippen LogP contribution in [0.5, 0.6) is 0 Å². The molecule has 0 aromatic rings. The summed E-state index contributed by atoms with van der Waals surface area (Å²) >= 11 is 0. The van der Waals surface area contributed by atoms with Crippen molar-refractivity contribution in [3.63, 3.8) is 0 Å². The van der Waals surface area contributed by atoms with Crippen molar-refractivity contribution < 1.29 is 19.5 Å². The van der Waals surface area contributed by atoms with Crippen molar-refractivity contribution in [1.82, 2.24) is 9.80 Å². The van der Waals surface area contributed by atoms with Crippen molar-refractivity contribution in [1.29, 1.82) is 0 Å². The predicted molar refractivity (Wildman–Crippen MR) is 79.0 cm³/mol. The largest absolute Gasteiger partial charge is 0.480 e. The minimum absolute atomic E-state index is 0.0691. The average Bonchev–Trinajstić information content (AvgIpc) is 3.38. The lowest BCUT2D eigenvalue weighted by molar-refractivity contribution is -0.155. The second kappa shape index (κ2) is 6.26. The molecule has 0 spiro atoms. The van der Waals surface area contributed by atoms with E-state index in [1.165, 1.54) is 0 Å². The van der Waals surface area contributed by atoms with E-state index in [-0.39, 0.29) is 23.7 Å². The number of carboxylic acids is 1. The highest BCUT2D eigenvalue weighted by atomic mass is 16.4. The molecular weight excluding hydrogens is 284 g/mol. The van der Waals surface area contributed by atoms with Gasteiger partial charge in [0.05, 0.1) is 5.92 Å². The first-order valence-corrected chi connectivity index (χ1v) is 8.40. The fraction of sp³-hybridized carbons (Fsp3) is 0.812. The Hall–Kier alpha value is -1.59. The molecule has 0 aromatic carbocycles. The highest BCUT2D eigenvalue weighted by molar-refractivity contribution is 5.86. The van der Waals surface area contributed by atoms with Gasteiger partial charge in [0.1, 0.15) is 6.04 Å². The molecule has 2 atom stereocenters. The van der Waals surface area contributed by atoms with Crippen LogP contribution in [0.1, 0.15) is 44.9 Å². The second-order valence-corrected chi connectivity index (χ2v) is 6.78. The van der Waals surface area contributed by atoms with Gasteiger partial charge in [-0.05, 0) is 44.9 Å². The molecule has 2 aliphatic heterocycles. The Morgan fingerprint density at radius 3 is 2.27 bits per heavy atom. The summed E-state index contributed by atoms with van der Waals surface area (Å²) < 4.78 is 0. The topological polar surface area (TPSA) is 77.9 Å². The van der Waals surface area contributed by atoms with E-state index < -0.39 is 12.0 Å². The Balaban J connectivity index is 1.65. The summed E-state index contributed by atoms with van der Waals surface area (Å²) in [6, 6.07) is -0.684. The molecular formula is C16H24N2O4. The molecule has 6 heteroatoms. The van der Waals surface area contributed by atoms with Crippen LogP contribution in [0, 0.1) is 11.8 Å². The number of piperidine rings is 2. The third kappa shape index (κ3) is 3.10. The van der Waals surface area contributed by atoms with E-state index in [0.29, 0.717) is 19.5 Å². The number of carbonyl (C=O) groups excluding carboxylic acids is 2. The van der Waals surface area contributed by atoms with Gasteiger partial charge < -0.3 is 14.9 Å². The monoisotopic (exact) mass is 308 g/mol. The summed E-state index contributed by atoms with van der Waals surface area (Å²) in [6.45, 7) is 1.74. The lowest BCUT2D eigenvalue weighted by atomic mass is 9.93. The quantitative estimate of drug-likeness (QED) is 0.847. The molecule has 3 fully saturated rings. The van der Waals surface area contributed by atoms with E-state index >= 15 is 0 Å². The number of rotatable bonds is 3. The summed E-state index contributed by atoms with van der Waals surface area (Å²) in [6.07, 6.45) is 5.81. The van der Waals surface area contributed by atoms with Gasteiger partial charge in [0.2, 0.25) is 11.8 Å². The number of hydrogen-bond donors (Lipinski definition) is 1. The van der Waals surface area contributed by atoms with Gasteiger partial charge in [-0.3, -0.25) is 9.59 Å². The molecule has 1 N–H and O–H groups in total. The Labute approximate surface area is 130 Å². The van der Waals surface area contributed by atoms with E-state index in [2.05, 4.69) is 0 Å². The maximum absolute atomic E-state index is 12.7. The Bertz CT molecular complexity index is 475. The molecule has 3 aliphatic rings. The first-order chi connectivity index (χ1) is 10.6. The molecule has 6 nitrogen and oxygen atoms in total. The maximum Gasteiger partial charge on any atom is 0.326 e. The second-order valence-electron chi connectivity index (χ2n) is 6.78. The normalized spacial score (nSPS) is 29.3. The van der Waals surface area contributed by atoms with Crippen molar-refractivity contribution in [3.05, 3.63) is 0 Å². The summed E-state index contributed by atoms with van der Waals surface area (Å²) in [5, 5.41) is 9.32. The van der Waals surface area contributed by atoms with Gasteiger partial charge in [-0.15, -0.1) is 0 Å². The number of nitrogens with zero attached hydrogens (tertiary/aromatic N) is 2. The van der Waals surface area contributed by atoms with Crippen molar-refractivity contribution in [2.24, 2.45) is 11.8 Å². The molecule has 0 aromatic heterocycles. The Morgan fingerprint density at radius 2 is 1.59 bits per heavy atom. The van der Waals surface area contributed by atoms with Crippen molar-refractivity contribution in [2.45, 2.75) is 51.0 Å². The van der Waals surface area contributed by atoms with Gasteiger partial charge in [0.25, 0.3) is 0 Å². The molecule has 0 bridgehead atoms. The fourth-order valence-corrected chi connectivity index (χ4v) is 3.65. The molecule has 2 heterocycles. The number of amides is 2. The van der Waals surface area contributed by atoms with Gasteiger partial charge in [0.15, 0.2) is 0 Å². The molecule has 0 unspecified atom stereocenters. The zero-order chi connectivity index (χ0) is 15.7. The van der Waals surface area contributed by atoms with E-state index in [4.69, 9.17) is 0 Å². The van der Waals surface area contributed by atoms with Crippen LogP contribution in [0.2, 0.25) is 0 Å². The lowest BCUT2D eigenvalue weighted by Gasteiger charge is -2.39.